The van der Waals surface area contributed by atoms with Crippen molar-refractivity contribution < 1.29 is 22.8 Å². The average Bonchev–Trinajstić information content (AvgIpc) is 2.98. The molecule has 2 amide bonds. The lowest BCUT2D eigenvalue weighted by molar-refractivity contribution is -0.126. The van der Waals surface area contributed by atoms with Gasteiger partial charge in [-0.3, -0.25) is 9.59 Å². The molecule has 1 atom stereocenters. The molecular formula is C15H14F3N5O2. The molecule has 0 fully saturated rings. The minimum Gasteiger partial charge on any atom is -0.357 e. The van der Waals surface area contributed by atoms with Crippen LogP contribution in [0, 0.1) is 24.4 Å². The zero-order valence-corrected chi connectivity index (χ0v) is 13.4. The lowest BCUT2D eigenvalue weighted by Crippen LogP contribution is -2.53. The van der Waals surface area contributed by atoms with Crippen LogP contribution in [0.15, 0.2) is 12.1 Å². The molecule has 0 saturated carbocycles. The summed E-state index contributed by atoms with van der Waals surface area (Å²) in [6.07, 6.45) is 0. The van der Waals surface area contributed by atoms with Gasteiger partial charge in [0.1, 0.15) is 11.9 Å². The second-order valence-corrected chi connectivity index (χ2v) is 5.56. The van der Waals surface area contributed by atoms with Crippen LogP contribution in [0.5, 0.6) is 0 Å². The van der Waals surface area contributed by atoms with Crippen molar-refractivity contribution >= 4 is 11.8 Å². The molecule has 0 spiro atoms. The molecule has 2 heterocycles. The van der Waals surface area contributed by atoms with Crippen molar-refractivity contribution in [2.45, 2.75) is 26.1 Å². The van der Waals surface area contributed by atoms with E-state index < -0.39 is 40.9 Å². The van der Waals surface area contributed by atoms with Gasteiger partial charge in [0.25, 0.3) is 5.91 Å². The number of likely N-dealkylation sites (N-methyl/N-ethyl adjacent to an activating group) is 1. The molecule has 0 saturated heterocycles. The van der Waals surface area contributed by atoms with Gasteiger partial charge in [-0.05, 0) is 19.1 Å². The summed E-state index contributed by atoms with van der Waals surface area (Å²) >= 11 is 0. The minimum absolute atomic E-state index is 0.0743. The maximum Gasteiger partial charge on any atom is 0.258 e. The normalized spacial score (nSPS) is 16.5. The molecule has 1 unspecified atom stereocenters. The van der Waals surface area contributed by atoms with Gasteiger partial charge in [0, 0.05) is 7.05 Å². The number of hydrogen-bond donors (Lipinski definition) is 1. The molecule has 1 aliphatic heterocycles. The van der Waals surface area contributed by atoms with Gasteiger partial charge in [0.05, 0.1) is 18.7 Å². The molecule has 3 rings (SSSR count). The molecule has 1 aromatic carbocycles. The summed E-state index contributed by atoms with van der Waals surface area (Å²) in [6, 6.07) is 0.547. The molecule has 10 heteroatoms. The third-order valence-electron chi connectivity index (χ3n) is 4.13. The zero-order valence-electron chi connectivity index (χ0n) is 13.4. The number of halogens is 3. The molecule has 0 aliphatic carbocycles. The molecule has 1 N–H and O–H groups in total. The van der Waals surface area contributed by atoms with Gasteiger partial charge < -0.3 is 14.8 Å². The van der Waals surface area contributed by atoms with Gasteiger partial charge in [-0.1, -0.05) is 0 Å². The molecule has 25 heavy (non-hydrogen) atoms. The molecule has 1 aliphatic rings. The van der Waals surface area contributed by atoms with Crippen LogP contribution in [-0.4, -0.2) is 44.6 Å². The lowest BCUT2D eigenvalue weighted by atomic mass is 10.1. The van der Waals surface area contributed by atoms with E-state index in [-0.39, 0.29) is 13.1 Å². The van der Waals surface area contributed by atoms with E-state index >= 15 is 0 Å². The number of nitrogens with zero attached hydrogens (tertiary/aromatic N) is 4. The first kappa shape index (κ1) is 16.9. The van der Waals surface area contributed by atoms with Gasteiger partial charge in [0.15, 0.2) is 23.3 Å². The molecule has 132 valence electrons. The number of carbonyl (C=O) groups is 2. The van der Waals surface area contributed by atoms with Crippen molar-refractivity contribution in [1.82, 2.24) is 25.0 Å². The highest BCUT2D eigenvalue weighted by Gasteiger charge is 2.37. The molecule has 1 aromatic heterocycles. The number of amides is 2. The van der Waals surface area contributed by atoms with E-state index in [1.165, 1.54) is 7.05 Å². The van der Waals surface area contributed by atoms with E-state index in [1.54, 1.807) is 11.5 Å². The predicted octanol–water partition coefficient (Wildman–Crippen LogP) is 0.774. The SMILES string of the molecule is CNC(=O)C1Cn2c(C)nnc2CN1C(=O)c1ccc(F)c(F)c1F. The number of fused-ring (bicyclic) bond motifs is 1. The van der Waals surface area contributed by atoms with Crippen LogP contribution in [0.4, 0.5) is 13.2 Å². The van der Waals surface area contributed by atoms with E-state index in [0.717, 1.165) is 11.0 Å². The van der Waals surface area contributed by atoms with Crippen molar-refractivity contribution in [3.05, 3.63) is 46.8 Å². The molecule has 2 aromatic rings. The number of carbonyl (C=O) groups excluding carboxylic acids is 2. The number of benzene rings is 1. The lowest BCUT2D eigenvalue weighted by Gasteiger charge is -2.35. The highest BCUT2D eigenvalue weighted by atomic mass is 19.2. The number of rotatable bonds is 2. The Morgan fingerprint density at radius 2 is 1.92 bits per heavy atom. The summed E-state index contributed by atoms with van der Waals surface area (Å²) in [7, 11) is 1.40. The highest BCUT2D eigenvalue weighted by Crippen LogP contribution is 2.23. The summed E-state index contributed by atoms with van der Waals surface area (Å²) < 4.78 is 42.2. The molecule has 7 nitrogen and oxygen atoms in total. The van der Waals surface area contributed by atoms with Crippen molar-refractivity contribution in [1.29, 1.82) is 0 Å². The fourth-order valence-corrected chi connectivity index (χ4v) is 2.76. The second-order valence-electron chi connectivity index (χ2n) is 5.56. The highest BCUT2D eigenvalue weighted by molar-refractivity contribution is 5.97. The number of nitrogens with one attached hydrogen (secondary N) is 1. The Balaban J connectivity index is 2.02. The van der Waals surface area contributed by atoms with Crippen LogP contribution in [-0.2, 0) is 17.9 Å². The van der Waals surface area contributed by atoms with Crippen LogP contribution < -0.4 is 5.32 Å². The first-order valence-corrected chi connectivity index (χ1v) is 7.40. The zero-order chi connectivity index (χ0) is 18.3. The Hall–Kier alpha value is -2.91. The van der Waals surface area contributed by atoms with Crippen molar-refractivity contribution in [2.75, 3.05) is 7.05 Å². The number of aromatic nitrogens is 3. The second kappa shape index (κ2) is 6.19. The largest absolute Gasteiger partial charge is 0.357 e. The summed E-state index contributed by atoms with van der Waals surface area (Å²) in [5, 5.41) is 10.2. The van der Waals surface area contributed by atoms with Gasteiger partial charge >= 0.3 is 0 Å². The Kier molecular flexibility index (Phi) is 4.19. The van der Waals surface area contributed by atoms with Crippen molar-refractivity contribution in [3.63, 3.8) is 0 Å². The third-order valence-corrected chi connectivity index (χ3v) is 4.13. The first-order valence-electron chi connectivity index (χ1n) is 7.40. The third kappa shape index (κ3) is 2.73. The van der Waals surface area contributed by atoms with Crippen LogP contribution in [0.2, 0.25) is 0 Å². The fourth-order valence-electron chi connectivity index (χ4n) is 2.76. The first-order chi connectivity index (χ1) is 11.8. The van der Waals surface area contributed by atoms with Gasteiger partial charge in [-0.2, -0.15) is 0 Å². The van der Waals surface area contributed by atoms with Crippen LogP contribution in [0.3, 0.4) is 0 Å². The molecule has 0 bridgehead atoms. The summed E-state index contributed by atoms with van der Waals surface area (Å²) in [4.78, 5) is 25.9. The van der Waals surface area contributed by atoms with E-state index in [9.17, 15) is 22.8 Å². The summed E-state index contributed by atoms with van der Waals surface area (Å²) in [5.74, 6) is -5.16. The van der Waals surface area contributed by atoms with Gasteiger partial charge in [0.2, 0.25) is 5.91 Å². The maximum atomic E-state index is 14.0. The van der Waals surface area contributed by atoms with E-state index in [4.69, 9.17) is 0 Å². The van der Waals surface area contributed by atoms with Crippen LogP contribution in [0.1, 0.15) is 22.0 Å². The Labute approximate surface area is 140 Å². The van der Waals surface area contributed by atoms with Crippen LogP contribution >= 0.6 is 0 Å². The van der Waals surface area contributed by atoms with Crippen LogP contribution in [0.25, 0.3) is 0 Å². The Morgan fingerprint density at radius 1 is 1.20 bits per heavy atom. The van der Waals surface area contributed by atoms with E-state index in [0.29, 0.717) is 17.7 Å². The Morgan fingerprint density at radius 3 is 2.60 bits per heavy atom. The maximum absolute atomic E-state index is 14.0. The monoisotopic (exact) mass is 353 g/mol. The summed E-state index contributed by atoms with van der Waals surface area (Å²) in [6.45, 7) is 1.66. The standard InChI is InChI=1S/C15H14F3N5O2/c1-7-20-21-11-6-23(10(5-22(7)11)14(24)19-2)15(25)8-3-4-9(16)13(18)12(8)17/h3-4,10H,5-6H2,1-2H3,(H,19,24). The number of hydrogen-bond acceptors (Lipinski definition) is 4. The smallest absolute Gasteiger partial charge is 0.258 e. The predicted molar refractivity (Wildman–Crippen MR) is 78.8 cm³/mol. The topological polar surface area (TPSA) is 80.1 Å². The molecule has 0 radical (unpaired) electrons. The minimum atomic E-state index is -1.74. The summed E-state index contributed by atoms with van der Waals surface area (Å²) in [5.41, 5.74) is -0.655. The van der Waals surface area contributed by atoms with E-state index in [1.807, 2.05) is 0 Å². The van der Waals surface area contributed by atoms with Gasteiger partial charge in [-0.15, -0.1) is 10.2 Å². The quantitative estimate of drug-likeness (QED) is 0.809. The van der Waals surface area contributed by atoms with E-state index in [2.05, 4.69) is 15.5 Å². The Bertz CT molecular complexity index is 867. The molecular weight excluding hydrogens is 339 g/mol. The number of aryl methyl sites for hydroxylation is 1. The van der Waals surface area contributed by atoms with Crippen molar-refractivity contribution in [2.24, 2.45) is 0 Å². The fraction of sp³-hybridized carbons (Fsp3) is 0.333. The van der Waals surface area contributed by atoms with Gasteiger partial charge in [-0.25, -0.2) is 13.2 Å². The average molecular weight is 353 g/mol. The van der Waals surface area contributed by atoms with Crippen molar-refractivity contribution in [3.8, 4) is 0 Å².